The first kappa shape index (κ1) is 20.8. The number of imidazole rings is 1. The summed E-state index contributed by atoms with van der Waals surface area (Å²) < 4.78 is 15.0. The van der Waals surface area contributed by atoms with Crippen molar-refractivity contribution in [3.63, 3.8) is 0 Å². The molecule has 0 spiro atoms. The van der Waals surface area contributed by atoms with E-state index in [2.05, 4.69) is 22.7 Å². The zero-order chi connectivity index (χ0) is 21.8. The van der Waals surface area contributed by atoms with E-state index in [4.69, 9.17) is 15.9 Å². The van der Waals surface area contributed by atoms with E-state index in [1.165, 1.54) is 4.57 Å². The zero-order valence-electron chi connectivity index (χ0n) is 17.4. The van der Waals surface area contributed by atoms with Gasteiger partial charge in [0.1, 0.15) is 0 Å². The van der Waals surface area contributed by atoms with Crippen LogP contribution in [0.3, 0.4) is 0 Å². The molecule has 2 heterocycles. The quantitative estimate of drug-likeness (QED) is 0.596. The molecule has 1 aromatic carbocycles. The fourth-order valence-corrected chi connectivity index (χ4v) is 3.04. The maximum absolute atomic E-state index is 12.7. The van der Waals surface area contributed by atoms with Crippen molar-refractivity contribution in [2.75, 3.05) is 13.2 Å². The van der Waals surface area contributed by atoms with Gasteiger partial charge in [-0.15, -0.1) is 6.42 Å². The van der Waals surface area contributed by atoms with Gasteiger partial charge >= 0.3 is 5.69 Å². The van der Waals surface area contributed by atoms with Crippen molar-refractivity contribution in [2.45, 2.75) is 20.4 Å². The smallest absolute Gasteiger partial charge is 0.333 e. The number of ether oxygens (including phenoxy) is 2. The third kappa shape index (κ3) is 3.68. The van der Waals surface area contributed by atoms with Crippen LogP contribution in [-0.2, 0) is 20.6 Å². The van der Waals surface area contributed by atoms with Gasteiger partial charge in [-0.3, -0.25) is 9.36 Å². The van der Waals surface area contributed by atoms with Crippen LogP contribution in [0.15, 0.2) is 27.8 Å². The van der Waals surface area contributed by atoms with E-state index in [0.29, 0.717) is 36.1 Å². The van der Waals surface area contributed by atoms with Gasteiger partial charge in [0, 0.05) is 19.7 Å². The normalized spacial score (nSPS) is 10.4. The van der Waals surface area contributed by atoms with Crippen LogP contribution in [0.1, 0.15) is 25.2 Å². The van der Waals surface area contributed by atoms with Gasteiger partial charge in [-0.2, -0.15) is 0 Å². The van der Waals surface area contributed by atoms with Gasteiger partial charge in [-0.05, 0) is 38.0 Å². The summed E-state index contributed by atoms with van der Waals surface area (Å²) in [6.45, 7) is 4.71. The molecule has 0 unspecified atom stereocenters. The highest BCUT2D eigenvalue weighted by atomic mass is 16.5. The Morgan fingerprint density at radius 3 is 2.40 bits per heavy atom. The van der Waals surface area contributed by atoms with E-state index in [-0.39, 0.29) is 17.7 Å². The van der Waals surface area contributed by atoms with E-state index >= 15 is 0 Å². The molecule has 3 rings (SSSR count). The third-order valence-corrected chi connectivity index (χ3v) is 4.47. The second kappa shape index (κ2) is 8.62. The lowest BCUT2D eigenvalue weighted by molar-refractivity contribution is 0.287. The summed E-state index contributed by atoms with van der Waals surface area (Å²) in [6.07, 6.45) is 5.29. The van der Waals surface area contributed by atoms with Gasteiger partial charge < -0.3 is 14.0 Å². The monoisotopic (exact) mass is 406 g/mol. The molecule has 8 heteroatoms. The number of hydrogen-bond acceptors (Lipinski definition) is 5. The van der Waals surface area contributed by atoms with Gasteiger partial charge in [0.15, 0.2) is 28.5 Å². The number of benzene rings is 1. The number of aromatic nitrogens is 4. The molecule has 0 aliphatic carbocycles. The second-order valence-electron chi connectivity index (χ2n) is 6.38. The Labute approximate surface area is 173 Å². The van der Waals surface area contributed by atoms with Crippen molar-refractivity contribution in [3.8, 4) is 35.7 Å². The molecule has 0 amide bonds. The molecular formula is C22H22N4O4. The molecule has 2 aromatic heterocycles. The summed E-state index contributed by atoms with van der Waals surface area (Å²) in [4.78, 5) is 29.5. The third-order valence-electron chi connectivity index (χ3n) is 4.47. The largest absolute Gasteiger partial charge is 0.490 e. The number of terminal acetylenes is 1. The molecule has 0 aliphatic heterocycles. The minimum Gasteiger partial charge on any atom is -0.490 e. The molecular weight excluding hydrogens is 384 g/mol. The van der Waals surface area contributed by atoms with Crippen LogP contribution in [-0.4, -0.2) is 31.9 Å². The molecule has 3 aromatic rings. The Hall–Kier alpha value is -3.91. The van der Waals surface area contributed by atoms with E-state index in [9.17, 15) is 9.59 Å². The predicted molar refractivity (Wildman–Crippen MR) is 114 cm³/mol. The van der Waals surface area contributed by atoms with Crippen LogP contribution >= 0.6 is 0 Å². The van der Waals surface area contributed by atoms with Crippen molar-refractivity contribution in [1.82, 2.24) is 18.7 Å². The van der Waals surface area contributed by atoms with E-state index in [1.807, 2.05) is 19.9 Å². The van der Waals surface area contributed by atoms with Crippen LogP contribution in [0.4, 0.5) is 0 Å². The summed E-state index contributed by atoms with van der Waals surface area (Å²) in [5.41, 5.74) is 0.211. The first-order chi connectivity index (χ1) is 14.4. The fraction of sp³-hybridized carbons (Fsp3) is 0.318. The van der Waals surface area contributed by atoms with Crippen LogP contribution in [0, 0.1) is 24.2 Å². The second-order valence-corrected chi connectivity index (χ2v) is 6.38. The molecule has 0 radical (unpaired) electrons. The standard InChI is InChI=1S/C22H22N4O4/c1-6-13-26-21(27)19-20(25(5)22(26)28)23-18(24(19)4)12-10-15-9-11-16(29-7-2)17(14-15)30-8-3/h1,9,11,14H,7-8,13H2,2-5H3. The molecule has 0 saturated carbocycles. The van der Waals surface area contributed by atoms with Crippen LogP contribution in [0.25, 0.3) is 11.2 Å². The highest BCUT2D eigenvalue weighted by Crippen LogP contribution is 2.28. The lowest BCUT2D eigenvalue weighted by Crippen LogP contribution is -2.39. The Balaban J connectivity index is 2.11. The number of fused-ring (bicyclic) bond motifs is 1. The SMILES string of the molecule is C#CCn1c(=O)c2c(nc(C#Cc3ccc(OCC)c(OCC)c3)n2C)n(C)c1=O. The van der Waals surface area contributed by atoms with Gasteiger partial charge in [-0.25, -0.2) is 14.3 Å². The van der Waals surface area contributed by atoms with E-state index < -0.39 is 11.2 Å². The highest BCUT2D eigenvalue weighted by Gasteiger charge is 2.17. The maximum atomic E-state index is 12.7. The fourth-order valence-electron chi connectivity index (χ4n) is 3.04. The van der Waals surface area contributed by atoms with Gasteiger partial charge in [0.05, 0.1) is 19.8 Å². The Morgan fingerprint density at radius 2 is 1.73 bits per heavy atom. The average molecular weight is 406 g/mol. The molecule has 8 nitrogen and oxygen atoms in total. The molecule has 0 bridgehead atoms. The molecule has 0 atom stereocenters. The van der Waals surface area contributed by atoms with Gasteiger partial charge in [-0.1, -0.05) is 11.8 Å². The van der Waals surface area contributed by atoms with Crippen molar-refractivity contribution in [1.29, 1.82) is 0 Å². The number of aryl methyl sites for hydroxylation is 2. The minimum atomic E-state index is -0.518. The Bertz CT molecular complexity index is 1330. The van der Waals surface area contributed by atoms with Gasteiger partial charge in [0.25, 0.3) is 5.56 Å². The van der Waals surface area contributed by atoms with Crippen molar-refractivity contribution in [3.05, 3.63) is 50.4 Å². The molecule has 0 N–H and O–H groups in total. The molecule has 0 saturated heterocycles. The first-order valence-corrected chi connectivity index (χ1v) is 9.44. The Kier molecular flexibility index (Phi) is 5.98. The summed E-state index contributed by atoms with van der Waals surface area (Å²) >= 11 is 0. The van der Waals surface area contributed by atoms with E-state index in [1.54, 1.807) is 30.8 Å². The van der Waals surface area contributed by atoms with Crippen molar-refractivity contribution in [2.24, 2.45) is 14.1 Å². The maximum Gasteiger partial charge on any atom is 0.333 e. The average Bonchev–Trinajstić information content (AvgIpc) is 3.06. The number of nitrogens with zero attached hydrogens (tertiary/aromatic N) is 4. The molecule has 0 aliphatic rings. The molecule has 0 fully saturated rings. The van der Waals surface area contributed by atoms with Gasteiger partial charge in [0.2, 0.25) is 0 Å². The minimum absolute atomic E-state index is 0.111. The zero-order valence-corrected chi connectivity index (χ0v) is 17.4. The van der Waals surface area contributed by atoms with E-state index in [0.717, 1.165) is 4.57 Å². The summed E-state index contributed by atoms with van der Waals surface area (Å²) in [7, 11) is 3.22. The topological polar surface area (TPSA) is 80.3 Å². The summed E-state index contributed by atoms with van der Waals surface area (Å²) in [6, 6.07) is 5.41. The predicted octanol–water partition coefficient (Wildman–Crippen LogP) is 1.26. The number of hydrogen-bond donors (Lipinski definition) is 0. The van der Waals surface area contributed by atoms with Crippen LogP contribution in [0.5, 0.6) is 11.5 Å². The van der Waals surface area contributed by atoms with Crippen LogP contribution in [0.2, 0.25) is 0 Å². The number of rotatable bonds is 5. The highest BCUT2D eigenvalue weighted by molar-refractivity contribution is 5.72. The Morgan fingerprint density at radius 1 is 1.03 bits per heavy atom. The summed E-state index contributed by atoms with van der Waals surface area (Å²) in [5, 5.41) is 0. The first-order valence-electron chi connectivity index (χ1n) is 9.44. The van der Waals surface area contributed by atoms with Crippen molar-refractivity contribution < 1.29 is 9.47 Å². The lowest BCUT2D eigenvalue weighted by Gasteiger charge is -2.10. The van der Waals surface area contributed by atoms with Crippen LogP contribution < -0.4 is 20.7 Å². The molecule has 154 valence electrons. The summed E-state index contributed by atoms with van der Waals surface area (Å²) in [5.74, 6) is 9.93. The molecule has 30 heavy (non-hydrogen) atoms. The lowest BCUT2D eigenvalue weighted by atomic mass is 10.2. The van der Waals surface area contributed by atoms with Crippen molar-refractivity contribution >= 4 is 11.2 Å².